The normalized spacial score (nSPS) is 11.0. The van der Waals surface area contributed by atoms with Gasteiger partial charge in [0.15, 0.2) is 5.13 Å². The smallest absolute Gasteiger partial charge is 0.250 e. The number of thiazole rings is 1. The Kier molecular flexibility index (Phi) is 4.34. The molecule has 2 aromatic carbocycles. The number of carbonyl (C=O) groups is 1. The van der Waals surface area contributed by atoms with Crippen molar-refractivity contribution >= 4 is 38.7 Å². The molecule has 3 aromatic rings. The van der Waals surface area contributed by atoms with E-state index in [1.54, 1.807) is 25.3 Å². The number of nitrogens with zero attached hydrogens (tertiary/aromatic N) is 1. The summed E-state index contributed by atoms with van der Waals surface area (Å²) in [6, 6.07) is 11.5. The fraction of sp³-hybridized carbons (Fsp3) is 0.0588. The zero-order chi connectivity index (χ0) is 16.2. The molecule has 0 atom stereocenters. The lowest BCUT2D eigenvalue weighted by molar-refractivity contribution is -0.111. The summed E-state index contributed by atoms with van der Waals surface area (Å²) in [5, 5.41) is 3.21. The minimum Gasteiger partial charge on any atom is -0.494 e. The van der Waals surface area contributed by atoms with Gasteiger partial charge in [0.1, 0.15) is 17.1 Å². The third-order valence-corrected chi connectivity index (χ3v) is 4.07. The van der Waals surface area contributed by atoms with E-state index in [1.807, 2.05) is 18.2 Å². The van der Waals surface area contributed by atoms with E-state index in [0.29, 0.717) is 10.9 Å². The first kappa shape index (κ1) is 15.2. The minimum atomic E-state index is -0.310. The highest BCUT2D eigenvalue weighted by atomic mass is 32.1. The third kappa shape index (κ3) is 3.54. The topological polar surface area (TPSA) is 51.2 Å². The number of hydrogen-bond acceptors (Lipinski definition) is 4. The molecule has 4 nitrogen and oxygen atoms in total. The van der Waals surface area contributed by atoms with Crippen LogP contribution in [0, 0.1) is 5.82 Å². The van der Waals surface area contributed by atoms with Gasteiger partial charge in [-0.15, -0.1) is 0 Å². The van der Waals surface area contributed by atoms with Crippen molar-refractivity contribution in [2.45, 2.75) is 0 Å². The number of amides is 1. The summed E-state index contributed by atoms with van der Waals surface area (Å²) in [5.41, 5.74) is 1.46. The maximum Gasteiger partial charge on any atom is 0.250 e. The van der Waals surface area contributed by atoms with Gasteiger partial charge in [0.05, 0.1) is 11.8 Å². The number of fused-ring (bicyclic) bond motifs is 1. The Hall–Kier alpha value is -2.73. The van der Waals surface area contributed by atoms with Crippen molar-refractivity contribution in [1.82, 2.24) is 4.98 Å². The monoisotopic (exact) mass is 328 g/mol. The number of methoxy groups -OCH3 is 1. The molecule has 1 N–H and O–H groups in total. The molecule has 23 heavy (non-hydrogen) atoms. The predicted octanol–water partition coefficient (Wildman–Crippen LogP) is 4.10. The van der Waals surface area contributed by atoms with Gasteiger partial charge in [-0.1, -0.05) is 29.5 Å². The molecule has 0 saturated heterocycles. The number of aromatic nitrogens is 1. The number of nitrogens with one attached hydrogen (secondary N) is 1. The molecule has 1 amide bonds. The lowest BCUT2D eigenvalue weighted by atomic mass is 10.2. The molecule has 0 bridgehead atoms. The lowest BCUT2D eigenvalue weighted by Gasteiger charge is -1.98. The van der Waals surface area contributed by atoms with Crippen LogP contribution in [0.15, 0.2) is 48.5 Å². The van der Waals surface area contributed by atoms with Crippen LogP contribution < -0.4 is 10.1 Å². The number of anilines is 1. The molecule has 116 valence electrons. The number of para-hydroxylation sites is 1. The SMILES string of the molecule is COc1cccc2sc(NC(=O)C=Cc3ccc(F)cc3)nc12. The fourth-order valence-corrected chi connectivity index (χ4v) is 2.92. The van der Waals surface area contributed by atoms with E-state index < -0.39 is 0 Å². The Balaban J connectivity index is 1.74. The number of ether oxygens (including phenoxy) is 1. The molecular formula is C17H13FN2O2S. The molecule has 0 aliphatic carbocycles. The molecule has 0 aliphatic rings. The molecule has 0 saturated carbocycles. The molecule has 0 radical (unpaired) electrons. The van der Waals surface area contributed by atoms with Crippen LogP contribution in [0.5, 0.6) is 5.75 Å². The quantitative estimate of drug-likeness (QED) is 0.734. The van der Waals surface area contributed by atoms with Crippen molar-refractivity contribution in [2.24, 2.45) is 0 Å². The first-order valence-electron chi connectivity index (χ1n) is 6.84. The van der Waals surface area contributed by atoms with Crippen LogP contribution in [0.25, 0.3) is 16.3 Å². The molecule has 0 fully saturated rings. The second-order valence-corrected chi connectivity index (χ2v) is 5.73. The van der Waals surface area contributed by atoms with Gasteiger partial charge in [-0.3, -0.25) is 10.1 Å². The van der Waals surface area contributed by atoms with Crippen LogP contribution in [0.4, 0.5) is 9.52 Å². The zero-order valence-corrected chi connectivity index (χ0v) is 13.1. The summed E-state index contributed by atoms with van der Waals surface area (Å²) in [7, 11) is 1.58. The van der Waals surface area contributed by atoms with Gasteiger partial charge in [-0.05, 0) is 35.9 Å². The van der Waals surface area contributed by atoms with Gasteiger partial charge in [0.2, 0.25) is 5.91 Å². The highest BCUT2D eigenvalue weighted by molar-refractivity contribution is 7.22. The molecule has 6 heteroatoms. The van der Waals surface area contributed by atoms with Crippen LogP contribution >= 0.6 is 11.3 Å². The van der Waals surface area contributed by atoms with Crippen molar-refractivity contribution in [3.05, 3.63) is 59.9 Å². The van der Waals surface area contributed by atoms with E-state index in [0.717, 1.165) is 15.8 Å². The van der Waals surface area contributed by atoms with E-state index in [-0.39, 0.29) is 11.7 Å². The van der Waals surface area contributed by atoms with Gasteiger partial charge < -0.3 is 4.74 Å². The Labute approximate surface area is 136 Å². The summed E-state index contributed by atoms with van der Waals surface area (Å²) >= 11 is 1.37. The lowest BCUT2D eigenvalue weighted by Crippen LogP contribution is -2.07. The van der Waals surface area contributed by atoms with E-state index in [2.05, 4.69) is 10.3 Å². The van der Waals surface area contributed by atoms with Gasteiger partial charge >= 0.3 is 0 Å². The van der Waals surface area contributed by atoms with Crippen molar-refractivity contribution in [3.63, 3.8) is 0 Å². The molecule has 0 aliphatic heterocycles. The Morgan fingerprint density at radius 2 is 2.04 bits per heavy atom. The predicted molar refractivity (Wildman–Crippen MR) is 90.2 cm³/mol. The Morgan fingerprint density at radius 3 is 2.78 bits per heavy atom. The van der Waals surface area contributed by atoms with Gasteiger partial charge in [0, 0.05) is 6.08 Å². The second kappa shape index (κ2) is 6.58. The molecule has 0 unspecified atom stereocenters. The van der Waals surface area contributed by atoms with Crippen LogP contribution in [0.1, 0.15) is 5.56 Å². The van der Waals surface area contributed by atoms with E-state index in [1.165, 1.54) is 29.5 Å². The Morgan fingerprint density at radius 1 is 1.26 bits per heavy atom. The summed E-state index contributed by atoms with van der Waals surface area (Å²) in [6.45, 7) is 0. The molecule has 1 aromatic heterocycles. The largest absolute Gasteiger partial charge is 0.494 e. The van der Waals surface area contributed by atoms with Crippen molar-refractivity contribution < 1.29 is 13.9 Å². The number of carbonyl (C=O) groups excluding carboxylic acids is 1. The van der Waals surface area contributed by atoms with Crippen LogP contribution in [0.3, 0.4) is 0 Å². The zero-order valence-electron chi connectivity index (χ0n) is 12.2. The maximum atomic E-state index is 12.8. The highest BCUT2D eigenvalue weighted by Crippen LogP contribution is 2.31. The molecule has 1 heterocycles. The van der Waals surface area contributed by atoms with Gasteiger partial charge in [-0.25, -0.2) is 9.37 Å². The molecular weight excluding hydrogens is 315 g/mol. The fourth-order valence-electron chi connectivity index (χ4n) is 2.03. The molecule has 3 rings (SSSR count). The number of benzene rings is 2. The van der Waals surface area contributed by atoms with Crippen molar-refractivity contribution in [2.75, 3.05) is 12.4 Å². The van der Waals surface area contributed by atoms with Crippen LogP contribution in [-0.4, -0.2) is 18.0 Å². The highest BCUT2D eigenvalue weighted by Gasteiger charge is 2.09. The minimum absolute atomic E-state index is 0.299. The molecule has 0 spiro atoms. The van der Waals surface area contributed by atoms with Gasteiger partial charge in [-0.2, -0.15) is 0 Å². The first-order valence-corrected chi connectivity index (χ1v) is 7.65. The summed E-state index contributed by atoms with van der Waals surface area (Å²) in [5.74, 6) is 0.0588. The average Bonchev–Trinajstić information content (AvgIpc) is 2.96. The average molecular weight is 328 g/mol. The second-order valence-electron chi connectivity index (χ2n) is 4.70. The van der Waals surface area contributed by atoms with Crippen LogP contribution in [0.2, 0.25) is 0 Å². The van der Waals surface area contributed by atoms with Gasteiger partial charge in [0.25, 0.3) is 0 Å². The third-order valence-electron chi connectivity index (χ3n) is 3.13. The summed E-state index contributed by atoms with van der Waals surface area (Å²) < 4.78 is 19.0. The first-order chi connectivity index (χ1) is 11.2. The van der Waals surface area contributed by atoms with Crippen molar-refractivity contribution in [1.29, 1.82) is 0 Å². The number of rotatable bonds is 4. The summed E-state index contributed by atoms with van der Waals surface area (Å²) in [4.78, 5) is 16.3. The van der Waals surface area contributed by atoms with E-state index in [9.17, 15) is 9.18 Å². The van der Waals surface area contributed by atoms with E-state index in [4.69, 9.17) is 4.74 Å². The summed E-state index contributed by atoms with van der Waals surface area (Å²) in [6.07, 6.45) is 3.00. The number of hydrogen-bond donors (Lipinski definition) is 1. The van der Waals surface area contributed by atoms with E-state index >= 15 is 0 Å². The number of halogens is 1. The standard InChI is InChI=1S/C17H13FN2O2S/c1-22-13-3-2-4-14-16(13)20-17(23-14)19-15(21)10-7-11-5-8-12(18)9-6-11/h2-10H,1H3,(H,19,20,21). The maximum absolute atomic E-state index is 12.8. The van der Waals surface area contributed by atoms with Crippen molar-refractivity contribution in [3.8, 4) is 5.75 Å². The van der Waals surface area contributed by atoms with Crippen LogP contribution in [-0.2, 0) is 4.79 Å². The Bertz CT molecular complexity index is 872.